The molecule has 0 radical (unpaired) electrons. The van der Waals surface area contributed by atoms with Crippen LogP contribution in [0, 0.1) is 0 Å². The highest BCUT2D eigenvalue weighted by molar-refractivity contribution is 5.97. The molecule has 1 aromatic carbocycles. The fourth-order valence-electron chi connectivity index (χ4n) is 3.50. The lowest BCUT2D eigenvalue weighted by molar-refractivity contribution is 0.0951. The molecule has 0 bridgehead atoms. The van der Waals surface area contributed by atoms with E-state index in [4.69, 9.17) is 0 Å². The van der Waals surface area contributed by atoms with Crippen LogP contribution in [0.15, 0.2) is 42.7 Å². The first-order chi connectivity index (χ1) is 12.3. The Bertz CT molecular complexity index is 668. The van der Waals surface area contributed by atoms with Gasteiger partial charge in [-0.05, 0) is 63.9 Å². The van der Waals surface area contributed by atoms with Gasteiger partial charge in [0.2, 0.25) is 0 Å². The first-order valence-corrected chi connectivity index (χ1v) is 9.37. The van der Waals surface area contributed by atoms with Gasteiger partial charge >= 0.3 is 0 Å². The summed E-state index contributed by atoms with van der Waals surface area (Å²) in [6.07, 6.45) is 9.72. The highest BCUT2D eigenvalue weighted by Gasteiger charge is 2.17. The molecule has 25 heavy (non-hydrogen) atoms. The van der Waals surface area contributed by atoms with Crippen LogP contribution in [0.2, 0.25) is 0 Å². The van der Waals surface area contributed by atoms with Gasteiger partial charge in [0.15, 0.2) is 0 Å². The molecule has 1 atom stereocenters. The number of aromatic nitrogens is 2. The molecular weight excluding hydrogens is 312 g/mol. The molecule has 0 spiro atoms. The van der Waals surface area contributed by atoms with E-state index in [1.807, 2.05) is 36.5 Å². The molecule has 1 aliphatic heterocycles. The lowest BCUT2D eigenvalue weighted by atomic mass is 10.0. The van der Waals surface area contributed by atoms with Crippen molar-refractivity contribution in [2.24, 2.45) is 0 Å². The van der Waals surface area contributed by atoms with Crippen LogP contribution >= 0.6 is 0 Å². The van der Waals surface area contributed by atoms with E-state index >= 15 is 0 Å². The average Bonchev–Trinajstić information content (AvgIpc) is 3.17. The van der Waals surface area contributed by atoms with Crippen LogP contribution in [0.1, 0.15) is 49.4 Å². The summed E-state index contributed by atoms with van der Waals surface area (Å²) in [5.74, 6) is -0.0301. The van der Waals surface area contributed by atoms with E-state index in [0.717, 1.165) is 25.1 Å². The van der Waals surface area contributed by atoms with Crippen LogP contribution in [0.3, 0.4) is 0 Å². The van der Waals surface area contributed by atoms with E-state index in [1.54, 1.807) is 10.9 Å². The molecule has 2 aromatic rings. The number of piperidine rings is 1. The number of hydrogen-bond donors (Lipinski definition) is 1. The van der Waals surface area contributed by atoms with Crippen LogP contribution < -0.4 is 5.32 Å². The third kappa shape index (κ3) is 4.69. The molecule has 5 heteroatoms. The molecule has 134 valence electrons. The Morgan fingerprint density at radius 2 is 2.12 bits per heavy atom. The molecule has 1 fully saturated rings. The largest absolute Gasteiger partial charge is 0.352 e. The monoisotopic (exact) mass is 340 g/mol. The highest BCUT2D eigenvalue weighted by atomic mass is 16.1. The van der Waals surface area contributed by atoms with Crippen LogP contribution in [0.4, 0.5) is 0 Å². The molecule has 1 amide bonds. The van der Waals surface area contributed by atoms with E-state index in [9.17, 15) is 4.79 Å². The minimum Gasteiger partial charge on any atom is -0.352 e. The van der Waals surface area contributed by atoms with Gasteiger partial charge in [0.25, 0.3) is 5.91 Å². The Hall–Kier alpha value is -2.14. The van der Waals surface area contributed by atoms with Gasteiger partial charge < -0.3 is 10.2 Å². The number of amides is 1. The van der Waals surface area contributed by atoms with Crippen molar-refractivity contribution in [1.29, 1.82) is 0 Å². The number of benzene rings is 1. The first kappa shape index (κ1) is 17.7. The Morgan fingerprint density at radius 1 is 1.24 bits per heavy atom. The van der Waals surface area contributed by atoms with E-state index in [0.29, 0.717) is 18.2 Å². The van der Waals surface area contributed by atoms with Gasteiger partial charge in [0.1, 0.15) is 0 Å². The maximum atomic E-state index is 12.5. The number of carbonyl (C=O) groups is 1. The number of likely N-dealkylation sites (tertiary alicyclic amines) is 1. The predicted molar refractivity (Wildman–Crippen MR) is 100 cm³/mol. The van der Waals surface area contributed by atoms with E-state index in [1.165, 1.54) is 25.8 Å². The van der Waals surface area contributed by atoms with Gasteiger partial charge in [-0.1, -0.05) is 18.6 Å². The summed E-state index contributed by atoms with van der Waals surface area (Å²) in [5.41, 5.74) is 1.47. The molecule has 1 N–H and O–H groups in total. The number of nitrogens with zero attached hydrogens (tertiary/aromatic N) is 3. The first-order valence-electron chi connectivity index (χ1n) is 9.37. The maximum absolute atomic E-state index is 12.5. The number of rotatable bonds is 7. The molecule has 1 aliphatic rings. The third-order valence-electron chi connectivity index (χ3n) is 5.00. The van der Waals surface area contributed by atoms with Crippen LogP contribution in [-0.4, -0.2) is 46.3 Å². The van der Waals surface area contributed by atoms with E-state index < -0.39 is 0 Å². The SMILES string of the molecule is C[C@H]1CCCCN1CCCCNC(=O)c1ccccc1-n1cccn1. The van der Waals surface area contributed by atoms with Crippen molar-refractivity contribution in [3.63, 3.8) is 0 Å². The fourth-order valence-corrected chi connectivity index (χ4v) is 3.50. The van der Waals surface area contributed by atoms with Gasteiger partial charge in [-0.15, -0.1) is 0 Å². The summed E-state index contributed by atoms with van der Waals surface area (Å²) in [5, 5.41) is 7.28. The fraction of sp³-hybridized carbons (Fsp3) is 0.500. The van der Waals surface area contributed by atoms with Crippen molar-refractivity contribution in [3.8, 4) is 5.69 Å². The van der Waals surface area contributed by atoms with Crippen molar-refractivity contribution < 1.29 is 4.79 Å². The van der Waals surface area contributed by atoms with Gasteiger partial charge in [0.05, 0.1) is 11.3 Å². The lowest BCUT2D eigenvalue weighted by Gasteiger charge is -2.33. The smallest absolute Gasteiger partial charge is 0.253 e. The van der Waals surface area contributed by atoms with Crippen molar-refractivity contribution in [2.45, 2.75) is 45.1 Å². The summed E-state index contributed by atoms with van der Waals surface area (Å²) in [6.45, 7) is 5.41. The third-order valence-corrected chi connectivity index (χ3v) is 5.00. The van der Waals surface area contributed by atoms with Crippen LogP contribution in [0.5, 0.6) is 0 Å². The Labute approximate surface area is 150 Å². The molecular formula is C20H28N4O. The van der Waals surface area contributed by atoms with Gasteiger partial charge in [-0.25, -0.2) is 4.68 Å². The van der Waals surface area contributed by atoms with Crippen molar-refractivity contribution in [2.75, 3.05) is 19.6 Å². The molecule has 1 saturated heterocycles. The molecule has 0 saturated carbocycles. The van der Waals surface area contributed by atoms with Gasteiger partial charge in [0, 0.05) is 25.0 Å². The number of carbonyl (C=O) groups excluding carboxylic acids is 1. The second-order valence-corrected chi connectivity index (χ2v) is 6.81. The van der Waals surface area contributed by atoms with E-state index in [2.05, 4.69) is 22.2 Å². The summed E-state index contributed by atoms with van der Waals surface area (Å²) in [7, 11) is 0. The quantitative estimate of drug-likeness (QED) is 0.787. The molecule has 5 nitrogen and oxygen atoms in total. The average molecular weight is 340 g/mol. The molecule has 3 rings (SSSR count). The summed E-state index contributed by atoms with van der Waals surface area (Å²) >= 11 is 0. The zero-order chi connectivity index (χ0) is 17.5. The number of hydrogen-bond acceptors (Lipinski definition) is 3. The molecule has 2 heterocycles. The molecule has 0 unspecified atom stereocenters. The standard InChI is InChI=1S/C20H28N4O/c1-17-9-4-6-14-23(17)15-7-5-12-21-20(25)18-10-2-3-11-19(18)24-16-8-13-22-24/h2-3,8,10-11,13,16-17H,4-7,9,12,14-15H2,1H3,(H,21,25)/t17-/m0/s1. The number of para-hydroxylation sites is 1. The lowest BCUT2D eigenvalue weighted by Crippen LogP contribution is -2.38. The zero-order valence-electron chi connectivity index (χ0n) is 15.0. The van der Waals surface area contributed by atoms with E-state index in [-0.39, 0.29) is 5.91 Å². The predicted octanol–water partition coefficient (Wildman–Crippen LogP) is 3.26. The summed E-state index contributed by atoms with van der Waals surface area (Å²) < 4.78 is 1.73. The van der Waals surface area contributed by atoms with Gasteiger partial charge in [-0.3, -0.25) is 4.79 Å². The summed E-state index contributed by atoms with van der Waals surface area (Å²) in [4.78, 5) is 15.1. The topological polar surface area (TPSA) is 50.2 Å². The van der Waals surface area contributed by atoms with Gasteiger partial charge in [-0.2, -0.15) is 5.10 Å². The normalized spacial score (nSPS) is 18.2. The summed E-state index contributed by atoms with van der Waals surface area (Å²) in [6, 6.07) is 10.1. The Kier molecular flexibility index (Phi) is 6.23. The second-order valence-electron chi connectivity index (χ2n) is 6.81. The Morgan fingerprint density at radius 3 is 2.92 bits per heavy atom. The Balaban J connectivity index is 1.46. The highest BCUT2D eigenvalue weighted by Crippen LogP contribution is 2.17. The zero-order valence-corrected chi connectivity index (χ0v) is 15.0. The van der Waals surface area contributed by atoms with Crippen LogP contribution in [-0.2, 0) is 0 Å². The molecule has 1 aromatic heterocycles. The minimum atomic E-state index is -0.0301. The number of nitrogens with one attached hydrogen (secondary N) is 1. The van der Waals surface area contributed by atoms with Crippen molar-refractivity contribution >= 4 is 5.91 Å². The van der Waals surface area contributed by atoms with Crippen molar-refractivity contribution in [1.82, 2.24) is 20.0 Å². The molecule has 0 aliphatic carbocycles. The second kappa shape index (κ2) is 8.81. The minimum absolute atomic E-state index is 0.0301. The maximum Gasteiger partial charge on any atom is 0.253 e. The number of unbranched alkanes of at least 4 members (excludes halogenated alkanes) is 1. The van der Waals surface area contributed by atoms with Crippen molar-refractivity contribution in [3.05, 3.63) is 48.3 Å². The van der Waals surface area contributed by atoms with Crippen LogP contribution in [0.25, 0.3) is 5.69 Å².